The highest BCUT2D eigenvalue weighted by Gasteiger charge is 2.27. The van der Waals surface area contributed by atoms with Crippen molar-refractivity contribution in [2.24, 2.45) is 5.92 Å². The average Bonchev–Trinajstić information content (AvgIpc) is 3.29. The maximum absolute atomic E-state index is 13.7. The molecule has 0 aliphatic heterocycles. The summed E-state index contributed by atoms with van der Waals surface area (Å²) in [7, 11) is 1.22. The lowest BCUT2D eigenvalue weighted by Gasteiger charge is -2.18. The zero-order valence-electron chi connectivity index (χ0n) is 18.4. The van der Waals surface area contributed by atoms with Crippen LogP contribution in [0.2, 0.25) is 0 Å². The summed E-state index contributed by atoms with van der Waals surface area (Å²) in [4.78, 5) is 40.3. The van der Waals surface area contributed by atoms with Gasteiger partial charge in [-0.25, -0.2) is 18.4 Å². The fourth-order valence-electron chi connectivity index (χ4n) is 2.84. The Kier molecular flexibility index (Phi) is 7.51. The predicted octanol–water partition coefficient (Wildman–Crippen LogP) is 3.59. The number of urea groups is 1. The number of rotatable bonds is 7. The van der Waals surface area contributed by atoms with Gasteiger partial charge in [0.2, 0.25) is 5.82 Å². The molecule has 10 nitrogen and oxygen atoms in total. The summed E-state index contributed by atoms with van der Waals surface area (Å²) >= 11 is 0. The predicted molar refractivity (Wildman–Crippen MR) is 117 cm³/mol. The van der Waals surface area contributed by atoms with Crippen molar-refractivity contribution < 1.29 is 32.4 Å². The SMILES string of the molecule is COC(=O)C(NC(=O)c1nc(-c2ccc(NC(=O)Nc3ccc(F)cc3F)cc2)no1)C(C)C. The van der Waals surface area contributed by atoms with Gasteiger partial charge in [0.05, 0.1) is 12.8 Å². The molecule has 1 unspecified atom stereocenters. The van der Waals surface area contributed by atoms with E-state index in [0.29, 0.717) is 17.3 Å². The van der Waals surface area contributed by atoms with Crippen LogP contribution >= 0.6 is 0 Å². The Morgan fingerprint density at radius 2 is 1.74 bits per heavy atom. The van der Waals surface area contributed by atoms with Crippen LogP contribution in [0.3, 0.4) is 0 Å². The molecule has 0 radical (unpaired) electrons. The smallest absolute Gasteiger partial charge is 0.328 e. The zero-order chi connectivity index (χ0) is 24.8. The van der Waals surface area contributed by atoms with Crippen LogP contribution < -0.4 is 16.0 Å². The Bertz CT molecular complexity index is 1200. The molecule has 0 saturated heterocycles. The molecule has 1 aromatic heterocycles. The van der Waals surface area contributed by atoms with Crippen LogP contribution in [-0.2, 0) is 9.53 Å². The van der Waals surface area contributed by atoms with E-state index in [1.807, 2.05) is 0 Å². The van der Waals surface area contributed by atoms with E-state index in [2.05, 4.69) is 30.8 Å². The molecule has 1 heterocycles. The molecule has 12 heteroatoms. The standard InChI is InChI=1S/C22H21F2N5O5/c1-11(2)17(21(31)33-3)27-19(30)20-28-18(29-34-20)12-4-7-14(8-5-12)25-22(32)26-16-9-6-13(23)10-15(16)24/h4-11,17H,1-3H3,(H,27,30)(H2,25,26,32). The van der Waals surface area contributed by atoms with Gasteiger partial charge < -0.3 is 25.2 Å². The number of amides is 3. The summed E-state index contributed by atoms with van der Waals surface area (Å²) in [6.45, 7) is 3.49. The first kappa shape index (κ1) is 24.3. The van der Waals surface area contributed by atoms with Gasteiger partial charge in [-0.2, -0.15) is 4.98 Å². The largest absolute Gasteiger partial charge is 0.467 e. The van der Waals surface area contributed by atoms with E-state index < -0.39 is 35.6 Å². The molecule has 0 aliphatic rings. The third-order valence-corrected chi connectivity index (χ3v) is 4.61. The molecular weight excluding hydrogens is 452 g/mol. The van der Waals surface area contributed by atoms with Crippen molar-refractivity contribution in [1.82, 2.24) is 15.5 Å². The molecule has 178 valence electrons. The summed E-state index contributed by atoms with van der Waals surface area (Å²) in [6, 6.07) is 7.34. The molecular formula is C22H21F2N5O5. The van der Waals surface area contributed by atoms with Gasteiger partial charge in [-0.1, -0.05) is 19.0 Å². The number of nitrogens with zero attached hydrogens (tertiary/aromatic N) is 2. The Balaban J connectivity index is 1.63. The highest BCUT2D eigenvalue weighted by atomic mass is 19.1. The molecule has 0 fully saturated rings. The second kappa shape index (κ2) is 10.5. The lowest BCUT2D eigenvalue weighted by Crippen LogP contribution is -2.45. The monoisotopic (exact) mass is 473 g/mol. The molecule has 0 aliphatic carbocycles. The van der Waals surface area contributed by atoms with Gasteiger partial charge in [0.1, 0.15) is 17.7 Å². The summed E-state index contributed by atoms with van der Waals surface area (Å²) in [5.74, 6) is -3.46. The van der Waals surface area contributed by atoms with E-state index in [1.165, 1.54) is 19.2 Å². The maximum atomic E-state index is 13.7. The van der Waals surface area contributed by atoms with Gasteiger partial charge in [0.25, 0.3) is 0 Å². The zero-order valence-corrected chi connectivity index (χ0v) is 18.4. The van der Waals surface area contributed by atoms with Crippen molar-refractivity contribution in [3.8, 4) is 11.4 Å². The molecule has 0 bridgehead atoms. The van der Waals surface area contributed by atoms with Crippen LogP contribution in [0.25, 0.3) is 11.4 Å². The van der Waals surface area contributed by atoms with Gasteiger partial charge in [-0.3, -0.25) is 4.79 Å². The molecule has 3 amide bonds. The van der Waals surface area contributed by atoms with Crippen LogP contribution in [0.15, 0.2) is 47.0 Å². The van der Waals surface area contributed by atoms with Crippen molar-refractivity contribution in [1.29, 1.82) is 0 Å². The van der Waals surface area contributed by atoms with Crippen molar-refractivity contribution >= 4 is 29.3 Å². The molecule has 3 aromatic rings. The minimum atomic E-state index is -0.909. The van der Waals surface area contributed by atoms with Crippen LogP contribution in [-0.4, -0.2) is 41.2 Å². The summed E-state index contributed by atoms with van der Waals surface area (Å²) in [5, 5.41) is 11.0. The highest BCUT2D eigenvalue weighted by molar-refractivity contribution is 6.00. The van der Waals surface area contributed by atoms with Gasteiger partial charge in [0, 0.05) is 17.3 Å². The van der Waals surface area contributed by atoms with Gasteiger partial charge >= 0.3 is 23.8 Å². The third-order valence-electron chi connectivity index (χ3n) is 4.61. The van der Waals surface area contributed by atoms with Gasteiger partial charge in [-0.15, -0.1) is 0 Å². The molecule has 34 heavy (non-hydrogen) atoms. The number of hydrogen-bond acceptors (Lipinski definition) is 7. The number of carbonyl (C=O) groups excluding carboxylic acids is 3. The quantitative estimate of drug-likeness (QED) is 0.446. The number of methoxy groups -OCH3 is 1. The second-order valence-corrected chi connectivity index (χ2v) is 7.42. The van der Waals surface area contributed by atoms with E-state index >= 15 is 0 Å². The Hall–Kier alpha value is -4.35. The molecule has 2 aromatic carbocycles. The van der Waals surface area contributed by atoms with Crippen LogP contribution in [0.1, 0.15) is 24.5 Å². The van der Waals surface area contributed by atoms with Crippen LogP contribution in [0.5, 0.6) is 0 Å². The van der Waals surface area contributed by atoms with E-state index in [-0.39, 0.29) is 23.3 Å². The number of esters is 1. The number of halogens is 2. The van der Waals surface area contributed by atoms with Crippen molar-refractivity contribution in [2.45, 2.75) is 19.9 Å². The van der Waals surface area contributed by atoms with Gasteiger partial charge in [0.15, 0.2) is 0 Å². The topological polar surface area (TPSA) is 135 Å². The number of carbonyl (C=O) groups is 3. The minimum Gasteiger partial charge on any atom is -0.467 e. The molecule has 1 atom stereocenters. The fraction of sp³-hybridized carbons (Fsp3) is 0.227. The first-order valence-electron chi connectivity index (χ1n) is 10.0. The first-order valence-corrected chi connectivity index (χ1v) is 10.0. The number of aromatic nitrogens is 2. The number of hydrogen-bond donors (Lipinski definition) is 3. The Labute approximate surface area is 192 Å². The van der Waals surface area contributed by atoms with Crippen molar-refractivity contribution in [3.63, 3.8) is 0 Å². The van der Waals surface area contributed by atoms with Crippen LogP contribution in [0.4, 0.5) is 25.0 Å². The minimum absolute atomic E-state index is 0.105. The summed E-state index contributed by atoms with van der Waals surface area (Å²) in [5.41, 5.74) is 0.662. The normalized spacial score (nSPS) is 11.6. The number of nitrogens with one attached hydrogen (secondary N) is 3. The number of ether oxygens (including phenoxy) is 1. The molecule has 3 rings (SSSR count). The number of benzene rings is 2. The Morgan fingerprint density at radius 1 is 1.03 bits per heavy atom. The third kappa shape index (κ3) is 5.91. The number of anilines is 2. The lowest BCUT2D eigenvalue weighted by atomic mass is 10.0. The first-order chi connectivity index (χ1) is 16.2. The summed E-state index contributed by atoms with van der Waals surface area (Å²) in [6.07, 6.45) is 0. The van der Waals surface area contributed by atoms with E-state index in [0.717, 1.165) is 12.1 Å². The van der Waals surface area contributed by atoms with Crippen LogP contribution in [0, 0.1) is 17.6 Å². The molecule has 0 saturated carbocycles. The average molecular weight is 473 g/mol. The van der Waals surface area contributed by atoms with Gasteiger partial charge in [-0.05, 0) is 42.3 Å². The maximum Gasteiger partial charge on any atom is 0.328 e. The van der Waals surface area contributed by atoms with Crippen molar-refractivity contribution in [2.75, 3.05) is 17.7 Å². The summed E-state index contributed by atoms with van der Waals surface area (Å²) < 4.78 is 36.3. The molecule has 0 spiro atoms. The fourth-order valence-corrected chi connectivity index (χ4v) is 2.84. The van der Waals surface area contributed by atoms with Crippen molar-refractivity contribution in [3.05, 3.63) is 60.0 Å². The lowest BCUT2D eigenvalue weighted by molar-refractivity contribution is -0.144. The second-order valence-electron chi connectivity index (χ2n) is 7.42. The van der Waals surface area contributed by atoms with E-state index in [4.69, 9.17) is 4.52 Å². The van der Waals surface area contributed by atoms with E-state index in [9.17, 15) is 23.2 Å². The Morgan fingerprint density at radius 3 is 2.35 bits per heavy atom. The highest BCUT2D eigenvalue weighted by Crippen LogP contribution is 2.20. The van der Waals surface area contributed by atoms with E-state index in [1.54, 1.807) is 26.0 Å². The molecule has 3 N–H and O–H groups in total.